The van der Waals surface area contributed by atoms with Crippen LogP contribution in [-0.2, 0) is 4.79 Å². The third kappa shape index (κ3) is 4.23. The molecule has 0 saturated carbocycles. The molecular formula is C16H15ClN2O3. The second kappa shape index (κ2) is 7.47. The van der Waals surface area contributed by atoms with E-state index in [4.69, 9.17) is 16.3 Å². The molecule has 1 amide bonds. The number of nitrogens with zero attached hydrogens (tertiary/aromatic N) is 1. The van der Waals surface area contributed by atoms with Crippen molar-refractivity contribution >= 4 is 23.2 Å². The van der Waals surface area contributed by atoms with Gasteiger partial charge in [0.1, 0.15) is 11.5 Å². The number of halogens is 1. The summed E-state index contributed by atoms with van der Waals surface area (Å²) >= 11 is 5.92. The first-order chi connectivity index (χ1) is 10.6. The highest BCUT2D eigenvalue weighted by molar-refractivity contribution is 6.32. The lowest BCUT2D eigenvalue weighted by Gasteiger charge is -2.07. The number of rotatable bonds is 5. The second-order valence-corrected chi connectivity index (χ2v) is 4.88. The summed E-state index contributed by atoms with van der Waals surface area (Å²) in [5.74, 6) is 0.112. The largest absolute Gasteiger partial charge is 0.507 e. The number of carbonyl (C=O) groups excluding carboxylic acids is 1. The minimum atomic E-state index is -0.422. The number of para-hydroxylation sites is 2. The van der Waals surface area contributed by atoms with E-state index in [0.29, 0.717) is 22.0 Å². The van der Waals surface area contributed by atoms with Crippen LogP contribution in [0.15, 0.2) is 53.6 Å². The van der Waals surface area contributed by atoms with E-state index in [9.17, 15) is 9.90 Å². The van der Waals surface area contributed by atoms with Gasteiger partial charge in [-0.05, 0) is 31.2 Å². The molecule has 0 unspecified atom stereocenters. The van der Waals surface area contributed by atoms with E-state index < -0.39 is 5.91 Å². The van der Waals surface area contributed by atoms with Gasteiger partial charge in [-0.1, -0.05) is 35.9 Å². The van der Waals surface area contributed by atoms with Crippen molar-refractivity contribution in [1.29, 1.82) is 0 Å². The first kappa shape index (κ1) is 15.9. The average Bonchev–Trinajstić information content (AvgIpc) is 2.52. The minimum absolute atomic E-state index is 0.102. The monoisotopic (exact) mass is 318 g/mol. The standard InChI is InChI=1S/C16H15ClN2O3/c1-11(12-6-2-4-8-14(12)20)18-19-16(21)10-22-15-9-5-3-7-13(15)17/h2-9,20H,10H2,1H3,(H,19,21). The van der Waals surface area contributed by atoms with E-state index in [1.165, 1.54) is 0 Å². The van der Waals surface area contributed by atoms with Gasteiger partial charge >= 0.3 is 0 Å². The molecule has 0 aliphatic heterocycles. The molecule has 22 heavy (non-hydrogen) atoms. The van der Waals surface area contributed by atoms with Crippen molar-refractivity contribution in [2.75, 3.05) is 6.61 Å². The highest BCUT2D eigenvalue weighted by Crippen LogP contribution is 2.22. The molecule has 0 spiro atoms. The molecule has 0 radical (unpaired) electrons. The fourth-order valence-electron chi connectivity index (χ4n) is 1.72. The molecule has 2 aromatic rings. The van der Waals surface area contributed by atoms with Gasteiger partial charge < -0.3 is 9.84 Å². The Hall–Kier alpha value is -2.53. The maximum absolute atomic E-state index is 11.7. The molecule has 0 atom stereocenters. The van der Waals surface area contributed by atoms with Crippen molar-refractivity contribution in [3.05, 3.63) is 59.1 Å². The zero-order valence-electron chi connectivity index (χ0n) is 11.9. The van der Waals surface area contributed by atoms with E-state index in [2.05, 4.69) is 10.5 Å². The van der Waals surface area contributed by atoms with Crippen molar-refractivity contribution in [1.82, 2.24) is 5.43 Å². The quantitative estimate of drug-likeness (QED) is 0.657. The van der Waals surface area contributed by atoms with Crippen molar-refractivity contribution in [3.8, 4) is 11.5 Å². The van der Waals surface area contributed by atoms with Crippen LogP contribution >= 0.6 is 11.6 Å². The van der Waals surface area contributed by atoms with Crippen LogP contribution in [0.2, 0.25) is 5.02 Å². The molecular weight excluding hydrogens is 304 g/mol. The van der Waals surface area contributed by atoms with Gasteiger partial charge in [-0.15, -0.1) is 0 Å². The number of ether oxygens (including phenoxy) is 1. The lowest BCUT2D eigenvalue weighted by molar-refractivity contribution is -0.123. The Bertz CT molecular complexity index is 701. The molecule has 0 saturated heterocycles. The lowest BCUT2D eigenvalue weighted by Crippen LogP contribution is -2.25. The van der Waals surface area contributed by atoms with Crippen LogP contribution in [0.4, 0.5) is 0 Å². The minimum Gasteiger partial charge on any atom is -0.507 e. The maximum Gasteiger partial charge on any atom is 0.277 e. The molecule has 0 aliphatic rings. The number of carbonyl (C=O) groups is 1. The van der Waals surface area contributed by atoms with Gasteiger partial charge in [-0.25, -0.2) is 5.43 Å². The SMILES string of the molecule is CC(=NNC(=O)COc1ccccc1Cl)c1ccccc1O. The first-order valence-electron chi connectivity index (χ1n) is 6.56. The second-order valence-electron chi connectivity index (χ2n) is 4.47. The number of amides is 1. The summed E-state index contributed by atoms with van der Waals surface area (Å²) in [5.41, 5.74) is 3.41. The number of hydrazone groups is 1. The Morgan fingerprint density at radius 3 is 2.64 bits per heavy atom. The van der Waals surface area contributed by atoms with Crippen molar-refractivity contribution in [2.24, 2.45) is 5.10 Å². The van der Waals surface area contributed by atoms with Crippen LogP contribution in [0, 0.1) is 0 Å². The Labute approximate surface area is 133 Å². The Morgan fingerprint density at radius 1 is 1.23 bits per heavy atom. The molecule has 2 N–H and O–H groups in total. The Balaban J connectivity index is 1.91. The lowest BCUT2D eigenvalue weighted by atomic mass is 10.1. The first-order valence-corrected chi connectivity index (χ1v) is 6.94. The van der Waals surface area contributed by atoms with E-state index in [1.54, 1.807) is 55.5 Å². The van der Waals surface area contributed by atoms with E-state index in [1.807, 2.05) is 0 Å². The van der Waals surface area contributed by atoms with Gasteiger partial charge in [0, 0.05) is 5.56 Å². The van der Waals surface area contributed by atoms with Gasteiger partial charge in [-0.3, -0.25) is 4.79 Å². The highest BCUT2D eigenvalue weighted by atomic mass is 35.5. The normalized spacial score (nSPS) is 11.1. The fraction of sp³-hybridized carbons (Fsp3) is 0.125. The van der Waals surface area contributed by atoms with Crippen LogP contribution in [0.3, 0.4) is 0 Å². The molecule has 0 aromatic heterocycles. The molecule has 0 aliphatic carbocycles. The molecule has 0 fully saturated rings. The van der Waals surface area contributed by atoms with Crippen molar-refractivity contribution in [2.45, 2.75) is 6.92 Å². The van der Waals surface area contributed by atoms with Gasteiger partial charge in [0.05, 0.1) is 10.7 Å². The maximum atomic E-state index is 11.7. The molecule has 5 nitrogen and oxygen atoms in total. The van der Waals surface area contributed by atoms with Crippen LogP contribution in [0.1, 0.15) is 12.5 Å². The third-order valence-electron chi connectivity index (χ3n) is 2.84. The Morgan fingerprint density at radius 2 is 1.91 bits per heavy atom. The van der Waals surface area contributed by atoms with Crippen LogP contribution in [-0.4, -0.2) is 23.3 Å². The molecule has 0 heterocycles. The summed E-state index contributed by atoms with van der Waals surface area (Å²) in [4.78, 5) is 11.7. The summed E-state index contributed by atoms with van der Waals surface area (Å²) in [5, 5.41) is 14.1. The number of nitrogens with one attached hydrogen (secondary N) is 1. The number of phenolic OH excluding ortho intramolecular Hbond substituents is 1. The summed E-state index contributed by atoms with van der Waals surface area (Å²) in [6.45, 7) is 1.48. The van der Waals surface area contributed by atoms with Gasteiger partial charge in [0.25, 0.3) is 5.91 Å². The van der Waals surface area contributed by atoms with E-state index in [0.717, 1.165) is 0 Å². The van der Waals surface area contributed by atoms with Crippen LogP contribution in [0.25, 0.3) is 0 Å². The summed E-state index contributed by atoms with van der Waals surface area (Å²) in [6, 6.07) is 13.6. The smallest absolute Gasteiger partial charge is 0.277 e. The third-order valence-corrected chi connectivity index (χ3v) is 3.15. The molecule has 114 valence electrons. The van der Waals surface area contributed by atoms with Crippen LogP contribution < -0.4 is 10.2 Å². The topological polar surface area (TPSA) is 70.9 Å². The van der Waals surface area contributed by atoms with Gasteiger partial charge in [-0.2, -0.15) is 5.10 Å². The predicted molar refractivity (Wildman–Crippen MR) is 85.4 cm³/mol. The number of aromatic hydroxyl groups is 1. The van der Waals surface area contributed by atoms with Gasteiger partial charge in [0.15, 0.2) is 6.61 Å². The molecule has 6 heteroatoms. The van der Waals surface area contributed by atoms with Crippen molar-refractivity contribution in [3.63, 3.8) is 0 Å². The number of hydrogen-bond donors (Lipinski definition) is 2. The number of benzene rings is 2. The number of hydrogen-bond acceptors (Lipinski definition) is 4. The summed E-state index contributed by atoms with van der Waals surface area (Å²) < 4.78 is 5.30. The molecule has 2 rings (SSSR count). The Kier molecular flexibility index (Phi) is 5.38. The van der Waals surface area contributed by atoms with Crippen molar-refractivity contribution < 1.29 is 14.6 Å². The zero-order chi connectivity index (χ0) is 15.9. The average molecular weight is 319 g/mol. The van der Waals surface area contributed by atoms with Crippen LogP contribution in [0.5, 0.6) is 11.5 Å². The van der Waals surface area contributed by atoms with E-state index >= 15 is 0 Å². The molecule has 0 bridgehead atoms. The fourth-order valence-corrected chi connectivity index (χ4v) is 1.91. The van der Waals surface area contributed by atoms with E-state index in [-0.39, 0.29) is 12.4 Å². The van der Waals surface area contributed by atoms with Gasteiger partial charge in [0.2, 0.25) is 0 Å². The highest BCUT2D eigenvalue weighted by Gasteiger charge is 2.06. The molecule has 2 aromatic carbocycles. The predicted octanol–water partition coefficient (Wildman–Crippen LogP) is 2.96. The number of phenols is 1. The summed E-state index contributed by atoms with van der Waals surface area (Å²) in [7, 11) is 0. The summed E-state index contributed by atoms with van der Waals surface area (Å²) in [6.07, 6.45) is 0. The zero-order valence-corrected chi connectivity index (χ0v) is 12.7.